The summed E-state index contributed by atoms with van der Waals surface area (Å²) in [5.41, 5.74) is 2.40. The molecule has 2 aliphatic heterocycles. The number of aromatic nitrogens is 1. The largest absolute Gasteiger partial charge is 0.396 e. The van der Waals surface area contributed by atoms with E-state index in [0.29, 0.717) is 31.8 Å². The standard InChI is InChI=1S/C15H20N4O3/c1-3-18-14-13(7-11(2)15(18)21)16-8-12-9-17(10-19(12)14)22-6-4-5-20/h7-9,20H,3-6,10H2,1-2H3. The molecule has 22 heavy (non-hydrogen) atoms. The molecule has 0 fully saturated rings. The minimum atomic E-state index is 0.0114. The van der Waals surface area contributed by atoms with Crippen molar-refractivity contribution < 1.29 is 9.94 Å². The van der Waals surface area contributed by atoms with Crippen LogP contribution in [0.5, 0.6) is 0 Å². The number of aliphatic imine (C=N–C) groups is 1. The zero-order chi connectivity index (χ0) is 15.7. The number of anilines is 1. The molecule has 0 bridgehead atoms. The minimum Gasteiger partial charge on any atom is -0.396 e. The lowest BCUT2D eigenvalue weighted by Gasteiger charge is -2.28. The second-order valence-corrected chi connectivity index (χ2v) is 5.29. The molecule has 1 N–H and O–H groups in total. The first-order chi connectivity index (χ1) is 10.7. The monoisotopic (exact) mass is 304 g/mol. The Balaban J connectivity index is 1.93. The van der Waals surface area contributed by atoms with Gasteiger partial charge in [0.2, 0.25) is 0 Å². The molecule has 7 nitrogen and oxygen atoms in total. The summed E-state index contributed by atoms with van der Waals surface area (Å²) in [6, 6.07) is 1.83. The first kappa shape index (κ1) is 14.8. The maximum Gasteiger partial charge on any atom is 0.255 e. The van der Waals surface area contributed by atoms with Gasteiger partial charge in [-0.1, -0.05) is 0 Å². The Labute approximate surface area is 128 Å². The van der Waals surface area contributed by atoms with Crippen LogP contribution in [0.4, 0.5) is 11.5 Å². The predicted octanol–water partition coefficient (Wildman–Crippen LogP) is 1.13. The Kier molecular flexibility index (Phi) is 4.00. The number of pyridine rings is 1. The molecule has 0 aliphatic carbocycles. The highest BCUT2D eigenvalue weighted by molar-refractivity contribution is 5.93. The van der Waals surface area contributed by atoms with Crippen LogP contribution in [0, 0.1) is 6.92 Å². The normalized spacial score (nSPS) is 15.9. The zero-order valence-electron chi connectivity index (χ0n) is 12.8. The molecule has 0 aromatic carbocycles. The van der Waals surface area contributed by atoms with Gasteiger partial charge in [-0.2, -0.15) is 0 Å². The second-order valence-electron chi connectivity index (χ2n) is 5.29. The SMILES string of the molecule is CCn1c2c(cc(C)c1=O)N=CC1=CN(OCCCO)CN12. The van der Waals surface area contributed by atoms with Crippen LogP contribution in [-0.2, 0) is 11.4 Å². The van der Waals surface area contributed by atoms with Crippen molar-refractivity contribution in [1.82, 2.24) is 9.63 Å². The van der Waals surface area contributed by atoms with Crippen LogP contribution in [0.15, 0.2) is 27.8 Å². The van der Waals surface area contributed by atoms with Crippen molar-refractivity contribution in [1.29, 1.82) is 0 Å². The maximum atomic E-state index is 12.3. The Bertz CT molecular complexity index is 693. The van der Waals surface area contributed by atoms with E-state index < -0.39 is 0 Å². The van der Waals surface area contributed by atoms with Crippen molar-refractivity contribution in [2.24, 2.45) is 4.99 Å². The molecule has 3 heterocycles. The van der Waals surface area contributed by atoms with E-state index in [4.69, 9.17) is 9.94 Å². The number of hydroxylamine groups is 2. The quantitative estimate of drug-likeness (QED) is 0.826. The van der Waals surface area contributed by atoms with Gasteiger partial charge in [0.15, 0.2) is 0 Å². The molecule has 0 saturated carbocycles. The van der Waals surface area contributed by atoms with Crippen LogP contribution < -0.4 is 10.5 Å². The average Bonchev–Trinajstić information content (AvgIpc) is 2.92. The molecule has 1 aromatic heterocycles. The molecule has 0 atom stereocenters. The summed E-state index contributed by atoms with van der Waals surface area (Å²) in [6.07, 6.45) is 4.22. The molecule has 0 spiro atoms. The van der Waals surface area contributed by atoms with Crippen LogP contribution in [-0.4, -0.2) is 40.8 Å². The molecule has 2 aliphatic rings. The highest BCUT2D eigenvalue weighted by Gasteiger charge is 2.29. The molecule has 0 unspecified atom stereocenters. The van der Waals surface area contributed by atoms with Crippen molar-refractivity contribution in [3.8, 4) is 0 Å². The van der Waals surface area contributed by atoms with Crippen molar-refractivity contribution in [2.45, 2.75) is 26.8 Å². The third-order valence-corrected chi connectivity index (χ3v) is 3.76. The van der Waals surface area contributed by atoms with E-state index in [1.165, 1.54) is 0 Å². The van der Waals surface area contributed by atoms with Gasteiger partial charge in [-0.25, -0.2) is 5.06 Å². The molecule has 0 saturated heterocycles. The highest BCUT2D eigenvalue weighted by atomic mass is 16.7. The van der Waals surface area contributed by atoms with E-state index in [2.05, 4.69) is 4.99 Å². The first-order valence-corrected chi connectivity index (χ1v) is 7.44. The van der Waals surface area contributed by atoms with Crippen molar-refractivity contribution >= 4 is 17.7 Å². The number of allylic oxidation sites excluding steroid dienone is 1. The van der Waals surface area contributed by atoms with Gasteiger partial charge in [-0.15, -0.1) is 0 Å². The van der Waals surface area contributed by atoms with Gasteiger partial charge in [-0.3, -0.25) is 19.2 Å². The fraction of sp³-hybridized carbons (Fsp3) is 0.467. The first-order valence-electron chi connectivity index (χ1n) is 7.44. The molecule has 1 aromatic rings. The predicted molar refractivity (Wildman–Crippen MR) is 84.2 cm³/mol. The van der Waals surface area contributed by atoms with E-state index in [1.54, 1.807) is 15.8 Å². The Morgan fingerprint density at radius 3 is 3.00 bits per heavy atom. The van der Waals surface area contributed by atoms with E-state index in [9.17, 15) is 4.79 Å². The van der Waals surface area contributed by atoms with Gasteiger partial charge in [0.1, 0.15) is 18.2 Å². The number of aryl methyl sites for hydroxylation is 1. The number of aliphatic hydroxyl groups is 1. The van der Waals surface area contributed by atoms with Crippen molar-refractivity contribution in [2.75, 3.05) is 24.8 Å². The highest BCUT2D eigenvalue weighted by Crippen LogP contribution is 2.36. The second kappa shape index (κ2) is 5.94. The van der Waals surface area contributed by atoms with Gasteiger partial charge < -0.3 is 10.0 Å². The Morgan fingerprint density at radius 1 is 1.45 bits per heavy atom. The summed E-state index contributed by atoms with van der Waals surface area (Å²) in [6.45, 7) is 5.41. The van der Waals surface area contributed by atoms with Crippen LogP contribution in [0.25, 0.3) is 0 Å². The van der Waals surface area contributed by atoms with Crippen LogP contribution >= 0.6 is 0 Å². The lowest BCUT2D eigenvalue weighted by atomic mass is 10.2. The zero-order valence-corrected chi connectivity index (χ0v) is 12.8. The number of aliphatic hydroxyl groups excluding tert-OH is 1. The van der Waals surface area contributed by atoms with E-state index in [-0.39, 0.29) is 12.2 Å². The smallest absolute Gasteiger partial charge is 0.255 e. The number of nitrogens with zero attached hydrogens (tertiary/aromatic N) is 4. The van der Waals surface area contributed by atoms with Crippen molar-refractivity contribution in [3.63, 3.8) is 0 Å². The van der Waals surface area contributed by atoms with Gasteiger partial charge in [0.25, 0.3) is 5.56 Å². The fourth-order valence-corrected chi connectivity index (χ4v) is 2.68. The van der Waals surface area contributed by atoms with Gasteiger partial charge in [0.05, 0.1) is 24.7 Å². The van der Waals surface area contributed by atoms with Crippen LogP contribution in [0.3, 0.4) is 0 Å². The van der Waals surface area contributed by atoms with E-state index in [0.717, 1.165) is 17.2 Å². The summed E-state index contributed by atoms with van der Waals surface area (Å²) in [5.74, 6) is 0.806. The number of fused-ring (bicyclic) bond motifs is 3. The third kappa shape index (κ3) is 2.42. The van der Waals surface area contributed by atoms with Gasteiger partial charge in [-0.05, 0) is 26.3 Å². The van der Waals surface area contributed by atoms with Gasteiger partial charge in [0, 0.05) is 18.7 Å². The summed E-state index contributed by atoms with van der Waals surface area (Å²) in [4.78, 5) is 24.4. The Hall–Kier alpha value is -2.12. The average molecular weight is 304 g/mol. The molecular weight excluding hydrogens is 284 g/mol. The van der Waals surface area contributed by atoms with E-state index in [1.807, 2.05) is 31.0 Å². The molecule has 118 valence electrons. The third-order valence-electron chi connectivity index (χ3n) is 3.76. The van der Waals surface area contributed by atoms with E-state index >= 15 is 0 Å². The minimum absolute atomic E-state index is 0.0114. The topological polar surface area (TPSA) is 70.3 Å². The lowest BCUT2D eigenvalue weighted by molar-refractivity contribution is -0.116. The summed E-state index contributed by atoms with van der Waals surface area (Å²) >= 11 is 0. The lowest BCUT2D eigenvalue weighted by Crippen LogP contribution is -2.35. The number of hydrogen-bond acceptors (Lipinski definition) is 6. The van der Waals surface area contributed by atoms with Gasteiger partial charge >= 0.3 is 0 Å². The maximum absolute atomic E-state index is 12.3. The molecular formula is C15H20N4O3. The van der Waals surface area contributed by atoms with Crippen LogP contribution in [0.2, 0.25) is 0 Å². The molecule has 3 rings (SSSR count). The summed E-state index contributed by atoms with van der Waals surface area (Å²) in [5, 5.41) is 10.5. The summed E-state index contributed by atoms with van der Waals surface area (Å²) < 4.78 is 1.74. The Morgan fingerprint density at radius 2 is 2.27 bits per heavy atom. The number of rotatable bonds is 5. The van der Waals surface area contributed by atoms with Crippen molar-refractivity contribution in [3.05, 3.63) is 33.9 Å². The number of hydrogen-bond donors (Lipinski definition) is 1. The molecule has 0 amide bonds. The summed E-state index contributed by atoms with van der Waals surface area (Å²) in [7, 11) is 0. The molecule has 7 heteroatoms. The van der Waals surface area contributed by atoms with Crippen LogP contribution in [0.1, 0.15) is 18.9 Å². The molecule has 0 radical (unpaired) electrons. The fourth-order valence-electron chi connectivity index (χ4n) is 2.68.